The third kappa shape index (κ3) is 7.01. The fourth-order valence-corrected chi connectivity index (χ4v) is 1.75. The molecule has 0 fully saturated rings. The number of ether oxygens (including phenoxy) is 2. The molecule has 3 N–H and O–H groups in total. The first-order valence-corrected chi connectivity index (χ1v) is 7.51. The normalized spacial score (nSPS) is 11.7. The van der Waals surface area contributed by atoms with Crippen LogP contribution in [0.2, 0.25) is 0 Å². The van der Waals surface area contributed by atoms with Gasteiger partial charge in [0.15, 0.2) is 0 Å². The van der Waals surface area contributed by atoms with Crippen molar-refractivity contribution in [3.63, 3.8) is 0 Å². The predicted octanol–water partition coefficient (Wildman–Crippen LogP) is 1.67. The molecule has 0 bridgehead atoms. The lowest BCUT2D eigenvalue weighted by Gasteiger charge is -2.21. The molecule has 0 unspecified atom stereocenters. The van der Waals surface area contributed by atoms with E-state index in [2.05, 4.69) is 5.32 Å². The lowest BCUT2D eigenvalue weighted by atomic mass is 9.79. The van der Waals surface area contributed by atoms with Crippen LogP contribution in [0.25, 0.3) is 0 Å². The molecule has 0 aliphatic carbocycles. The lowest BCUT2D eigenvalue weighted by molar-refractivity contribution is 0.00693. The Morgan fingerprint density at radius 2 is 1.50 bits per heavy atom. The molecule has 0 saturated heterocycles. The highest BCUT2D eigenvalue weighted by Gasteiger charge is 2.22. The van der Waals surface area contributed by atoms with Crippen molar-refractivity contribution in [3.05, 3.63) is 23.8 Å². The second kappa shape index (κ2) is 7.23. The molecule has 0 atom stereocenters. The molecule has 0 aromatic heterocycles. The summed E-state index contributed by atoms with van der Waals surface area (Å²) in [5.74, 6) is -0.641. The average Bonchev–Trinajstić information content (AvgIpc) is 2.33. The van der Waals surface area contributed by atoms with E-state index in [1.54, 1.807) is 41.5 Å². The molecule has 0 heterocycles. The topological polar surface area (TPSA) is 105 Å². The highest BCUT2D eigenvalue weighted by atomic mass is 16.6. The molecule has 0 saturated carbocycles. The Morgan fingerprint density at radius 3 is 1.96 bits per heavy atom. The van der Waals surface area contributed by atoms with Gasteiger partial charge in [-0.05, 0) is 65.2 Å². The van der Waals surface area contributed by atoms with Gasteiger partial charge in [0.1, 0.15) is 11.2 Å². The number of nitrogens with one attached hydrogen (secondary N) is 1. The molecule has 1 aromatic rings. The van der Waals surface area contributed by atoms with Crippen LogP contribution in [0.1, 0.15) is 51.9 Å². The number of anilines is 1. The van der Waals surface area contributed by atoms with Gasteiger partial charge in [-0.3, -0.25) is 5.32 Å². The van der Waals surface area contributed by atoms with Gasteiger partial charge >= 0.3 is 19.2 Å². The fourth-order valence-electron chi connectivity index (χ4n) is 1.75. The zero-order valence-corrected chi connectivity index (χ0v) is 14.8. The highest BCUT2D eigenvalue weighted by molar-refractivity contribution is 6.58. The Hall–Kier alpha value is -2.06. The highest BCUT2D eigenvalue weighted by Crippen LogP contribution is 2.16. The van der Waals surface area contributed by atoms with Gasteiger partial charge in [-0.15, -0.1) is 0 Å². The van der Waals surface area contributed by atoms with Gasteiger partial charge in [0.05, 0.1) is 5.56 Å². The maximum Gasteiger partial charge on any atom is 0.488 e. The zero-order chi connectivity index (χ0) is 18.7. The van der Waals surface area contributed by atoms with Crippen LogP contribution in [0.15, 0.2) is 18.2 Å². The van der Waals surface area contributed by atoms with Gasteiger partial charge in [0, 0.05) is 5.69 Å². The third-order valence-corrected chi connectivity index (χ3v) is 2.53. The van der Waals surface area contributed by atoms with Crippen molar-refractivity contribution < 1.29 is 29.1 Å². The van der Waals surface area contributed by atoms with Crippen LogP contribution in [0.4, 0.5) is 10.5 Å². The first-order valence-electron chi connectivity index (χ1n) is 7.51. The molecule has 0 spiro atoms. The number of hydrogen-bond acceptors (Lipinski definition) is 6. The van der Waals surface area contributed by atoms with Crippen LogP contribution in [0, 0.1) is 0 Å². The summed E-state index contributed by atoms with van der Waals surface area (Å²) in [5, 5.41) is 21.2. The number of carbonyl (C=O) groups is 2. The zero-order valence-electron chi connectivity index (χ0n) is 14.8. The van der Waals surface area contributed by atoms with Crippen molar-refractivity contribution in [1.29, 1.82) is 0 Å². The number of carbonyl (C=O) groups excluding carboxylic acids is 2. The number of benzene rings is 1. The van der Waals surface area contributed by atoms with Crippen molar-refractivity contribution in [2.24, 2.45) is 0 Å². The van der Waals surface area contributed by atoms with Gasteiger partial charge in [-0.2, -0.15) is 0 Å². The van der Waals surface area contributed by atoms with Crippen LogP contribution < -0.4 is 10.8 Å². The average molecular weight is 337 g/mol. The minimum absolute atomic E-state index is 0.0458. The summed E-state index contributed by atoms with van der Waals surface area (Å²) >= 11 is 0. The van der Waals surface area contributed by atoms with Gasteiger partial charge in [0.2, 0.25) is 0 Å². The molecular formula is C16H24BNO6. The summed E-state index contributed by atoms with van der Waals surface area (Å²) in [5.41, 5.74) is -1.07. The summed E-state index contributed by atoms with van der Waals surface area (Å²) in [6.45, 7) is 10.3. The van der Waals surface area contributed by atoms with E-state index in [-0.39, 0.29) is 16.7 Å². The van der Waals surface area contributed by atoms with E-state index in [4.69, 9.17) is 9.47 Å². The molecule has 8 heteroatoms. The minimum Gasteiger partial charge on any atom is -0.456 e. The number of rotatable bonds is 3. The summed E-state index contributed by atoms with van der Waals surface area (Å²) in [6.07, 6.45) is -0.720. The Bertz CT molecular complexity index is 616. The molecule has 0 aliphatic heterocycles. The predicted molar refractivity (Wildman–Crippen MR) is 91.3 cm³/mol. The van der Waals surface area contributed by atoms with Crippen molar-refractivity contribution in [1.82, 2.24) is 0 Å². The van der Waals surface area contributed by atoms with E-state index in [0.717, 1.165) is 0 Å². The molecule has 24 heavy (non-hydrogen) atoms. The van der Waals surface area contributed by atoms with Gasteiger partial charge < -0.3 is 19.5 Å². The second-order valence-electron chi connectivity index (χ2n) is 7.35. The van der Waals surface area contributed by atoms with Crippen LogP contribution >= 0.6 is 0 Å². The van der Waals surface area contributed by atoms with E-state index in [9.17, 15) is 19.6 Å². The monoisotopic (exact) mass is 337 g/mol. The smallest absolute Gasteiger partial charge is 0.456 e. The van der Waals surface area contributed by atoms with E-state index < -0.39 is 30.4 Å². The third-order valence-electron chi connectivity index (χ3n) is 2.53. The maximum absolute atomic E-state index is 12.2. The van der Waals surface area contributed by atoms with Crippen molar-refractivity contribution >= 4 is 30.3 Å². The van der Waals surface area contributed by atoms with Gasteiger partial charge in [-0.1, -0.05) is 0 Å². The van der Waals surface area contributed by atoms with Crippen molar-refractivity contribution in [2.75, 3.05) is 5.32 Å². The summed E-state index contributed by atoms with van der Waals surface area (Å²) in [7, 11) is -1.80. The molecule has 1 aromatic carbocycles. The standard InChI is InChI=1S/C16H24BNO6/c1-15(2,3)23-13(19)10-7-11(17(21)22)9-12(8-10)18-14(20)24-16(4,5)6/h7-9,21-22H,1-6H3,(H,18,20). The van der Waals surface area contributed by atoms with E-state index in [1.165, 1.54) is 18.2 Å². The molecule has 0 radical (unpaired) electrons. The molecule has 7 nitrogen and oxygen atoms in total. The fraction of sp³-hybridized carbons (Fsp3) is 0.500. The lowest BCUT2D eigenvalue weighted by Crippen LogP contribution is -2.33. The van der Waals surface area contributed by atoms with E-state index >= 15 is 0 Å². The largest absolute Gasteiger partial charge is 0.488 e. The molecule has 1 rings (SSSR count). The summed E-state index contributed by atoms with van der Waals surface area (Å²) in [6, 6.07) is 4.01. The first kappa shape index (κ1) is 20.0. The summed E-state index contributed by atoms with van der Waals surface area (Å²) < 4.78 is 10.4. The van der Waals surface area contributed by atoms with Crippen LogP contribution in [-0.2, 0) is 9.47 Å². The van der Waals surface area contributed by atoms with Gasteiger partial charge in [0.25, 0.3) is 0 Å². The van der Waals surface area contributed by atoms with Crippen molar-refractivity contribution in [3.8, 4) is 0 Å². The van der Waals surface area contributed by atoms with Crippen LogP contribution in [0.3, 0.4) is 0 Å². The van der Waals surface area contributed by atoms with E-state index in [0.29, 0.717) is 0 Å². The Labute approximate surface area is 142 Å². The van der Waals surface area contributed by atoms with Gasteiger partial charge in [-0.25, -0.2) is 9.59 Å². The Morgan fingerprint density at radius 1 is 0.958 bits per heavy atom. The first-order chi connectivity index (χ1) is 10.8. The molecule has 1 amide bonds. The second-order valence-corrected chi connectivity index (χ2v) is 7.35. The number of esters is 1. The molecule has 0 aliphatic rings. The van der Waals surface area contributed by atoms with E-state index in [1.807, 2.05) is 0 Å². The Balaban J connectivity index is 3.08. The quantitative estimate of drug-likeness (QED) is 0.572. The molecular weight excluding hydrogens is 313 g/mol. The summed E-state index contributed by atoms with van der Waals surface area (Å²) in [4.78, 5) is 24.0. The molecule has 132 valence electrons. The minimum atomic E-state index is -1.80. The Kier molecular flexibility index (Phi) is 6.02. The number of hydrogen-bond donors (Lipinski definition) is 3. The van der Waals surface area contributed by atoms with Crippen LogP contribution in [-0.4, -0.2) is 40.4 Å². The SMILES string of the molecule is CC(C)(C)OC(=O)Nc1cc(B(O)O)cc(C(=O)OC(C)(C)C)c1. The van der Waals surface area contributed by atoms with Crippen LogP contribution in [0.5, 0.6) is 0 Å². The maximum atomic E-state index is 12.2. The van der Waals surface area contributed by atoms with Crippen molar-refractivity contribution in [2.45, 2.75) is 52.7 Å². The number of amides is 1.